The average Bonchev–Trinajstić information content (AvgIpc) is 2.77. The lowest BCUT2D eigenvalue weighted by Crippen LogP contribution is -1.92. The zero-order chi connectivity index (χ0) is 26.1. The Labute approximate surface area is 200 Å². The van der Waals surface area contributed by atoms with E-state index in [2.05, 4.69) is 0 Å². The van der Waals surface area contributed by atoms with Crippen LogP contribution in [0, 0.1) is 42.9 Å². The molecule has 0 heterocycles. The highest BCUT2D eigenvalue weighted by Gasteiger charge is 2.06. The second-order valence-corrected chi connectivity index (χ2v) is 7.04. The topological polar surface area (TPSA) is 0 Å². The second-order valence-electron chi connectivity index (χ2n) is 6.63. The van der Waals surface area contributed by atoms with Crippen molar-refractivity contribution in [3.8, 4) is 0 Å². The van der Waals surface area contributed by atoms with Crippen molar-refractivity contribution in [3.05, 3.63) is 105 Å². The number of rotatable bonds is 1. The molecule has 3 rings (SSSR count). The lowest BCUT2D eigenvalue weighted by atomic mass is 10.0. The molecule has 0 aliphatic rings. The van der Waals surface area contributed by atoms with E-state index in [1.807, 2.05) is 41.5 Å². The Bertz CT molecular complexity index is 890. The molecule has 0 atom stereocenters. The van der Waals surface area contributed by atoms with Crippen LogP contribution in [0.1, 0.15) is 64.2 Å². The first kappa shape index (κ1) is 32.8. The predicted molar refractivity (Wildman–Crippen MR) is 130 cm³/mol. The van der Waals surface area contributed by atoms with E-state index in [0.717, 1.165) is 29.3 Å². The number of hydrogen-bond donors (Lipinski definition) is 0. The molecule has 3 aromatic rings. The molecule has 0 spiro atoms. The molecule has 0 nitrogen and oxygen atoms in total. The van der Waals surface area contributed by atoms with Crippen molar-refractivity contribution < 1.29 is 22.0 Å². The van der Waals surface area contributed by atoms with Crippen LogP contribution < -0.4 is 0 Å². The quantitative estimate of drug-likeness (QED) is 0.299. The molecule has 33 heavy (non-hydrogen) atoms. The smallest absolute Gasteiger partial charge is 0.159 e. The third-order valence-corrected chi connectivity index (χ3v) is 4.20. The van der Waals surface area contributed by atoms with Crippen molar-refractivity contribution in [2.75, 3.05) is 0 Å². The van der Waals surface area contributed by atoms with Crippen molar-refractivity contribution in [3.63, 3.8) is 0 Å². The van der Waals surface area contributed by atoms with Crippen LogP contribution in [-0.4, -0.2) is 0 Å². The van der Waals surface area contributed by atoms with E-state index in [1.54, 1.807) is 19.9 Å². The van der Waals surface area contributed by atoms with Gasteiger partial charge in [-0.25, -0.2) is 22.0 Å². The third-order valence-electron chi connectivity index (χ3n) is 3.78. The molecule has 0 fully saturated rings. The summed E-state index contributed by atoms with van der Waals surface area (Å²) in [7, 11) is 0. The van der Waals surface area contributed by atoms with Gasteiger partial charge in [0.05, 0.1) is 0 Å². The van der Waals surface area contributed by atoms with Gasteiger partial charge in [-0.1, -0.05) is 65.3 Å². The molecular weight excluding hydrogens is 455 g/mol. The maximum Gasteiger partial charge on any atom is 0.159 e. The van der Waals surface area contributed by atoms with Gasteiger partial charge in [-0.05, 0) is 72.9 Å². The minimum Gasteiger partial charge on any atom is -0.207 e. The van der Waals surface area contributed by atoms with Gasteiger partial charge in [-0.2, -0.15) is 0 Å². The SMILES string of the molecule is CC.CC.CC(C)c1ccc(F)cc1F.Cc1cc(F)ccc1Cl.Cc1ccc(F)c(F)c1. The van der Waals surface area contributed by atoms with Crippen LogP contribution in [0.15, 0.2) is 54.6 Å². The molecule has 0 aliphatic heterocycles. The Morgan fingerprint density at radius 1 is 0.606 bits per heavy atom. The van der Waals surface area contributed by atoms with E-state index >= 15 is 0 Å². The minimum atomic E-state index is -0.791. The molecule has 0 aliphatic carbocycles. The molecule has 0 saturated heterocycles. The van der Waals surface area contributed by atoms with Crippen LogP contribution in [0.4, 0.5) is 22.0 Å². The van der Waals surface area contributed by atoms with Crippen LogP contribution in [0.3, 0.4) is 0 Å². The number of halogens is 6. The summed E-state index contributed by atoms with van der Waals surface area (Å²) in [6.07, 6.45) is 0. The lowest BCUT2D eigenvalue weighted by Gasteiger charge is -2.05. The molecule has 0 aromatic heterocycles. The highest BCUT2D eigenvalue weighted by Crippen LogP contribution is 2.18. The summed E-state index contributed by atoms with van der Waals surface area (Å²) in [6.45, 7) is 15.2. The predicted octanol–water partition coefficient (Wildman–Crippen LogP) is 10.2. The van der Waals surface area contributed by atoms with Gasteiger partial charge < -0.3 is 0 Å². The first-order valence-electron chi connectivity index (χ1n) is 10.8. The van der Waals surface area contributed by atoms with Crippen molar-refractivity contribution in [1.29, 1.82) is 0 Å². The fraction of sp³-hybridized carbons (Fsp3) is 0.333. The standard InChI is InChI=1S/C9H10F2.C7H6ClF.C7H6F2.2C2H6/c1-6(2)8-4-3-7(10)5-9(8)11;1-5-4-6(9)2-3-7(5)8;1-5-2-3-6(8)7(9)4-5;2*1-2/h3-6H,1-2H3;2*2-4H,1H3;2*1-2H3. The summed E-state index contributed by atoms with van der Waals surface area (Å²) < 4.78 is 61.8. The van der Waals surface area contributed by atoms with E-state index in [9.17, 15) is 22.0 Å². The zero-order valence-corrected chi connectivity index (χ0v) is 21.3. The molecule has 0 amide bonds. The largest absolute Gasteiger partial charge is 0.207 e. The van der Waals surface area contributed by atoms with Gasteiger partial charge in [0.25, 0.3) is 0 Å². The molecule has 0 unspecified atom stereocenters. The molecular formula is C27H34ClF5. The molecule has 0 bridgehead atoms. The van der Waals surface area contributed by atoms with Crippen molar-refractivity contribution in [2.45, 2.75) is 61.3 Å². The Morgan fingerprint density at radius 3 is 1.52 bits per heavy atom. The van der Waals surface area contributed by atoms with Crippen LogP contribution in [0.5, 0.6) is 0 Å². The summed E-state index contributed by atoms with van der Waals surface area (Å²) in [5.74, 6) is -2.69. The Morgan fingerprint density at radius 2 is 1.12 bits per heavy atom. The van der Waals surface area contributed by atoms with Gasteiger partial charge in [-0.15, -0.1) is 0 Å². The number of aryl methyl sites for hydroxylation is 2. The van der Waals surface area contributed by atoms with E-state index in [-0.39, 0.29) is 11.7 Å². The summed E-state index contributed by atoms with van der Waals surface area (Å²) in [5, 5.41) is 0.608. The normalized spacial score (nSPS) is 9.18. The lowest BCUT2D eigenvalue weighted by molar-refractivity contribution is 0.508. The summed E-state index contributed by atoms with van der Waals surface area (Å²) in [5.41, 5.74) is 2.07. The van der Waals surface area contributed by atoms with Crippen LogP contribution in [0.2, 0.25) is 5.02 Å². The van der Waals surface area contributed by atoms with Gasteiger partial charge in [-0.3, -0.25) is 0 Å². The molecule has 0 radical (unpaired) electrons. The molecule has 184 valence electrons. The molecule has 6 heteroatoms. The van der Waals surface area contributed by atoms with Crippen LogP contribution in [0.25, 0.3) is 0 Å². The third kappa shape index (κ3) is 13.7. The van der Waals surface area contributed by atoms with Gasteiger partial charge in [0.2, 0.25) is 0 Å². The van der Waals surface area contributed by atoms with Crippen LogP contribution >= 0.6 is 11.6 Å². The molecule has 0 N–H and O–H groups in total. The van der Waals surface area contributed by atoms with Crippen LogP contribution in [-0.2, 0) is 0 Å². The van der Waals surface area contributed by atoms with E-state index in [0.29, 0.717) is 10.6 Å². The second kappa shape index (κ2) is 18.1. The molecule has 3 aromatic carbocycles. The van der Waals surface area contributed by atoms with Crippen molar-refractivity contribution in [1.82, 2.24) is 0 Å². The van der Waals surface area contributed by atoms with Gasteiger partial charge in [0.1, 0.15) is 17.5 Å². The summed E-state index contributed by atoms with van der Waals surface area (Å²) >= 11 is 5.61. The minimum absolute atomic E-state index is 0.107. The Balaban J connectivity index is 0. The van der Waals surface area contributed by atoms with Gasteiger partial charge in [0.15, 0.2) is 11.6 Å². The Hall–Kier alpha value is -2.40. The van der Waals surface area contributed by atoms with E-state index in [1.165, 1.54) is 30.3 Å². The first-order chi connectivity index (χ1) is 15.5. The zero-order valence-electron chi connectivity index (χ0n) is 20.5. The maximum absolute atomic E-state index is 12.9. The molecule has 0 saturated carbocycles. The van der Waals surface area contributed by atoms with Crippen molar-refractivity contribution in [2.24, 2.45) is 0 Å². The van der Waals surface area contributed by atoms with E-state index < -0.39 is 23.3 Å². The summed E-state index contributed by atoms with van der Waals surface area (Å²) in [4.78, 5) is 0. The van der Waals surface area contributed by atoms with Crippen molar-refractivity contribution >= 4 is 11.6 Å². The van der Waals surface area contributed by atoms with Gasteiger partial charge in [0, 0.05) is 11.1 Å². The number of benzene rings is 3. The van der Waals surface area contributed by atoms with Gasteiger partial charge >= 0.3 is 0 Å². The average molecular weight is 489 g/mol. The van der Waals surface area contributed by atoms with E-state index in [4.69, 9.17) is 11.6 Å². The monoisotopic (exact) mass is 488 g/mol. The Kier molecular flexibility index (Phi) is 18.0. The highest BCUT2D eigenvalue weighted by atomic mass is 35.5. The highest BCUT2D eigenvalue weighted by molar-refractivity contribution is 6.31. The number of hydrogen-bond acceptors (Lipinski definition) is 0. The fourth-order valence-electron chi connectivity index (χ4n) is 2.18. The summed E-state index contributed by atoms with van der Waals surface area (Å²) in [6, 6.07) is 11.8. The fourth-order valence-corrected chi connectivity index (χ4v) is 2.30. The maximum atomic E-state index is 12.9. The first-order valence-corrected chi connectivity index (χ1v) is 11.2.